The predicted molar refractivity (Wildman–Crippen MR) is 105 cm³/mol. The second-order valence-corrected chi connectivity index (χ2v) is 7.77. The van der Waals surface area contributed by atoms with Crippen LogP contribution in [-0.4, -0.2) is 38.8 Å². The number of aryl methyl sites for hydroxylation is 1. The van der Waals surface area contributed by atoms with E-state index in [0.29, 0.717) is 19.0 Å². The Hall–Kier alpha value is -2.18. The van der Waals surface area contributed by atoms with Crippen LogP contribution in [0.4, 0.5) is 0 Å². The van der Waals surface area contributed by atoms with E-state index >= 15 is 0 Å². The largest absolute Gasteiger partial charge is 0.390 e. The zero-order valence-electron chi connectivity index (χ0n) is 16.5. The molecule has 0 saturated carbocycles. The lowest BCUT2D eigenvalue weighted by molar-refractivity contribution is -0.123. The van der Waals surface area contributed by atoms with E-state index in [-0.39, 0.29) is 18.6 Å². The van der Waals surface area contributed by atoms with Gasteiger partial charge >= 0.3 is 0 Å². The Morgan fingerprint density at radius 1 is 1.30 bits per heavy atom. The minimum absolute atomic E-state index is 0.0301. The van der Waals surface area contributed by atoms with Crippen molar-refractivity contribution in [2.24, 2.45) is 13.0 Å². The van der Waals surface area contributed by atoms with Crippen molar-refractivity contribution in [3.05, 3.63) is 52.8 Å². The SMILES string of the molecule is CC(C)CC(NC(=O)CN1CCc2c(CO)nn(C)c2C1)c1ccccc1. The van der Waals surface area contributed by atoms with Crippen LogP contribution in [0.2, 0.25) is 0 Å². The van der Waals surface area contributed by atoms with E-state index in [4.69, 9.17) is 0 Å². The molecule has 2 aromatic rings. The Bertz CT molecular complexity index is 770. The van der Waals surface area contributed by atoms with E-state index in [1.807, 2.05) is 29.9 Å². The highest BCUT2D eigenvalue weighted by atomic mass is 16.3. The highest BCUT2D eigenvalue weighted by Crippen LogP contribution is 2.23. The summed E-state index contributed by atoms with van der Waals surface area (Å²) < 4.78 is 1.83. The lowest BCUT2D eigenvalue weighted by Crippen LogP contribution is -2.41. The van der Waals surface area contributed by atoms with Gasteiger partial charge in [-0.3, -0.25) is 14.4 Å². The van der Waals surface area contributed by atoms with Crippen LogP contribution in [0.3, 0.4) is 0 Å². The number of hydrogen-bond donors (Lipinski definition) is 2. The minimum Gasteiger partial charge on any atom is -0.390 e. The number of benzene rings is 1. The second-order valence-electron chi connectivity index (χ2n) is 7.77. The van der Waals surface area contributed by atoms with Gasteiger partial charge in [0.05, 0.1) is 30.6 Å². The van der Waals surface area contributed by atoms with Crippen molar-refractivity contribution in [2.45, 2.75) is 45.9 Å². The molecule has 1 aliphatic rings. The van der Waals surface area contributed by atoms with Crippen LogP contribution in [0, 0.1) is 5.92 Å². The van der Waals surface area contributed by atoms with Crippen molar-refractivity contribution < 1.29 is 9.90 Å². The first kappa shape index (κ1) is 19.6. The van der Waals surface area contributed by atoms with Gasteiger partial charge in [0.25, 0.3) is 0 Å². The van der Waals surface area contributed by atoms with Crippen LogP contribution in [0.25, 0.3) is 0 Å². The van der Waals surface area contributed by atoms with Crippen molar-refractivity contribution in [3.63, 3.8) is 0 Å². The number of amides is 1. The van der Waals surface area contributed by atoms with E-state index in [1.165, 1.54) is 0 Å². The molecule has 27 heavy (non-hydrogen) atoms. The lowest BCUT2D eigenvalue weighted by Gasteiger charge is -2.28. The van der Waals surface area contributed by atoms with E-state index in [1.54, 1.807) is 0 Å². The third kappa shape index (κ3) is 4.76. The van der Waals surface area contributed by atoms with Crippen LogP contribution in [0.1, 0.15) is 48.8 Å². The highest BCUT2D eigenvalue weighted by molar-refractivity contribution is 5.78. The van der Waals surface area contributed by atoms with Crippen molar-refractivity contribution in [2.75, 3.05) is 13.1 Å². The molecule has 1 atom stereocenters. The third-order valence-corrected chi connectivity index (χ3v) is 5.17. The molecule has 1 aliphatic heterocycles. The summed E-state index contributed by atoms with van der Waals surface area (Å²) in [5, 5.41) is 17.1. The van der Waals surface area contributed by atoms with Crippen LogP contribution in [0.15, 0.2) is 30.3 Å². The molecule has 0 aliphatic carbocycles. The number of carbonyl (C=O) groups excluding carboxylic acids is 1. The fourth-order valence-corrected chi connectivity index (χ4v) is 3.85. The van der Waals surface area contributed by atoms with E-state index < -0.39 is 0 Å². The monoisotopic (exact) mass is 370 g/mol. The predicted octanol–water partition coefficient (Wildman–Crippen LogP) is 2.17. The van der Waals surface area contributed by atoms with Crippen molar-refractivity contribution >= 4 is 5.91 Å². The van der Waals surface area contributed by atoms with Crippen molar-refractivity contribution in [3.8, 4) is 0 Å². The number of carbonyl (C=O) groups is 1. The summed E-state index contributed by atoms with van der Waals surface area (Å²) in [5.41, 5.74) is 4.15. The van der Waals surface area contributed by atoms with Gasteiger partial charge in [-0.25, -0.2) is 0 Å². The zero-order chi connectivity index (χ0) is 19.4. The first-order chi connectivity index (χ1) is 13.0. The summed E-state index contributed by atoms with van der Waals surface area (Å²) in [7, 11) is 1.90. The first-order valence-corrected chi connectivity index (χ1v) is 9.69. The van der Waals surface area contributed by atoms with Gasteiger partial charge in [-0.2, -0.15) is 5.10 Å². The molecule has 0 bridgehead atoms. The molecule has 6 nitrogen and oxygen atoms in total. The number of nitrogens with one attached hydrogen (secondary N) is 1. The standard InChI is InChI=1S/C21H30N4O2/c1-15(2)11-18(16-7-5-4-6-8-16)22-21(27)13-25-10-9-17-19(14-26)23-24(3)20(17)12-25/h4-8,15,18,26H,9-14H2,1-3H3,(H,22,27). The Morgan fingerprint density at radius 3 is 2.70 bits per heavy atom. The number of fused-ring (bicyclic) bond motifs is 1. The average molecular weight is 370 g/mol. The topological polar surface area (TPSA) is 70.4 Å². The van der Waals surface area contributed by atoms with Crippen LogP contribution < -0.4 is 5.32 Å². The molecule has 0 saturated heterocycles. The molecule has 2 N–H and O–H groups in total. The number of aromatic nitrogens is 2. The summed E-state index contributed by atoms with van der Waals surface area (Å²) in [4.78, 5) is 14.9. The summed E-state index contributed by atoms with van der Waals surface area (Å²) >= 11 is 0. The lowest BCUT2D eigenvalue weighted by atomic mass is 9.97. The molecule has 1 unspecified atom stereocenters. The smallest absolute Gasteiger partial charge is 0.234 e. The summed E-state index contributed by atoms with van der Waals surface area (Å²) in [6.45, 7) is 6.19. The molecule has 2 heterocycles. The first-order valence-electron chi connectivity index (χ1n) is 9.69. The summed E-state index contributed by atoms with van der Waals surface area (Å²) in [6, 6.07) is 10.2. The Balaban J connectivity index is 1.63. The number of hydrogen-bond acceptors (Lipinski definition) is 4. The number of aliphatic hydroxyl groups excluding tert-OH is 1. The van der Waals surface area contributed by atoms with Gasteiger partial charge in [0.2, 0.25) is 5.91 Å². The quantitative estimate of drug-likeness (QED) is 0.784. The van der Waals surface area contributed by atoms with Gasteiger partial charge < -0.3 is 10.4 Å². The van der Waals surface area contributed by atoms with Crippen molar-refractivity contribution in [1.29, 1.82) is 0 Å². The normalized spacial score (nSPS) is 15.6. The molecule has 3 rings (SSSR count). The van der Waals surface area contributed by atoms with Crippen molar-refractivity contribution in [1.82, 2.24) is 20.0 Å². The molecule has 0 radical (unpaired) electrons. The number of nitrogens with zero attached hydrogens (tertiary/aromatic N) is 3. The zero-order valence-corrected chi connectivity index (χ0v) is 16.5. The Morgan fingerprint density at radius 2 is 2.04 bits per heavy atom. The maximum absolute atomic E-state index is 12.7. The van der Waals surface area contributed by atoms with E-state index in [0.717, 1.165) is 41.9 Å². The van der Waals surface area contributed by atoms with Crippen LogP contribution in [0.5, 0.6) is 0 Å². The maximum atomic E-state index is 12.7. The number of aliphatic hydroxyl groups is 1. The van der Waals surface area contributed by atoms with Gasteiger partial charge in [0, 0.05) is 25.7 Å². The average Bonchev–Trinajstić information content (AvgIpc) is 2.97. The Labute approximate surface area is 161 Å². The molecule has 0 fully saturated rings. The van der Waals surface area contributed by atoms with Gasteiger partial charge in [-0.1, -0.05) is 44.2 Å². The molecular formula is C21H30N4O2. The summed E-state index contributed by atoms with van der Waals surface area (Å²) in [6.07, 6.45) is 1.74. The number of rotatable bonds is 7. The van der Waals surface area contributed by atoms with E-state index in [9.17, 15) is 9.90 Å². The molecular weight excluding hydrogens is 340 g/mol. The fourth-order valence-electron chi connectivity index (χ4n) is 3.85. The van der Waals surface area contributed by atoms with Gasteiger partial charge in [0.15, 0.2) is 0 Å². The summed E-state index contributed by atoms with van der Waals surface area (Å²) in [5.74, 6) is 0.553. The van der Waals surface area contributed by atoms with Gasteiger partial charge in [0.1, 0.15) is 0 Å². The van der Waals surface area contributed by atoms with Crippen LogP contribution >= 0.6 is 0 Å². The van der Waals surface area contributed by atoms with E-state index in [2.05, 4.69) is 41.3 Å². The molecule has 146 valence electrons. The highest BCUT2D eigenvalue weighted by Gasteiger charge is 2.25. The molecule has 1 amide bonds. The molecule has 1 aromatic heterocycles. The second kappa shape index (κ2) is 8.67. The maximum Gasteiger partial charge on any atom is 0.234 e. The fraction of sp³-hybridized carbons (Fsp3) is 0.524. The van der Waals surface area contributed by atoms with Crippen LogP contribution in [-0.2, 0) is 31.4 Å². The third-order valence-electron chi connectivity index (χ3n) is 5.17. The minimum atomic E-state index is -0.0301. The molecule has 1 aromatic carbocycles. The molecule has 0 spiro atoms. The van der Waals surface area contributed by atoms with Gasteiger partial charge in [-0.05, 0) is 24.3 Å². The Kier molecular flexibility index (Phi) is 6.29. The van der Waals surface area contributed by atoms with Gasteiger partial charge in [-0.15, -0.1) is 0 Å². The molecule has 6 heteroatoms.